The fourth-order valence-electron chi connectivity index (χ4n) is 4.00. The molecule has 0 atom stereocenters. The molecule has 22 heavy (non-hydrogen) atoms. The Labute approximate surface area is 134 Å². The van der Waals surface area contributed by atoms with Gasteiger partial charge in [0.05, 0.1) is 0 Å². The van der Waals surface area contributed by atoms with E-state index in [1.807, 2.05) is 0 Å². The molecule has 4 heteroatoms. The standard InChI is InChI=1S/C18H32N2O2/c1-3-5-13-19-15(21)17-7-10-18(11-8-17,12-9-17)16(22)20-14-6-4-2/h3-14H2,1-2H3,(H,19,21)(H,20,22). The Balaban J connectivity index is 1.88. The molecule has 3 fully saturated rings. The van der Waals surface area contributed by atoms with Crippen molar-refractivity contribution in [3.8, 4) is 0 Å². The zero-order valence-electron chi connectivity index (χ0n) is 14.3. The molecular formula is C18H32N2O2. The first kappa shape index (κ1) is 17.3. The molecule has 0 aromatic rings. The van der Waals surface area contributed by atoms with Crippen molar-refractivity contribution in [2.24, 2.45) is 10.8 Å². The molecule has 3 aliphatic rings. The number of amides is 2. The maximum Gasteiger partial charge on any atom is 0.226 e. The van der Waals surface area contributed by atoms with Crippen LogP contribution in [0.2, 0.25) is 0 Å². The van der Waals surface area contributed by atoms with Crippen LogP contribution in [-0.2, 0) is 9.59 Å². The van der Waals surface area contributed by atoms with E-state index < -0.39 is 0 Å². The summed E-state index contributed by atoms with van der Waals surface area (Å²) in [5.41, 5.74) is -0.363. The van der Waals surface area contributed by atoms with Gasteiger partial charge in [-0.25, -0.2) is 0 Å². The number of nitrogens with one attached hydrogen (secondary N) is 2. The minimum Gasteiger partial charge on any atom is -0.356 e. The summed E-state index contributed by atoms with van der Waals surface area (Å²) in [6.07, 6.45) is 9.59. The first-order valence-corrected chi connectivity index (χ1v) is 9.15. The Bertz CT molecular complexity index is 343. The van der Waals surface area contributed by atoms with Gasteiger partial charge in [-0.05, 0) is 51.4 Å². The Morgan fingerprint density at radius 2 is 1.05 bits per heavy atom. The second-order valence-electron chi connectivity index (χ2n) is 7.28. The van der Waals surface area contributed by atoms with Crippen molar-refractivity contribution in [3.63, 3.8) is 0 Å². The molecule has 3 rings (SSSR count). The molecule has 0 aromatic carbocycles. The quantitative estimate of drug-likeness (QED) is 0.677. The van der Waals surface area contributed by atoms with Crippen LogP contribution in [0.4, 0.5) is 0 Å². The van der Waals surface area contributed by atoms with Crippen molar-refractivity contribution >= 4 is 11.8 Å². The summed E-state index contributed by atoms with van der Waals surface area (Å²) in [5.74, 6) is 0.473. The second kappa shape index (κ2) is 7.47. The summed E-state index contributed by atoms with van der Waals surface area (Å²) in [7, 11) is 0. The summed E-state index contributed by atoms with van der Waals surface area (Å²) in [5, 5.41) is 6.23. The van der Waals surface area contributed by atoms with Crippen molar-refractivity contribution in [2.75, 3.05) is 13.1 Å². The number of unbranched alkanes of at least 4 members (excludes halogenated alkanes) is 2. The number of hydrogen-bond donors (Lipinski definition) is 2. The normalized spacial score (nSPS) is 30.1. The highest BCUT2D eigenvalue weighted by molar-refractivity contribution is 5.86. The Hall–Kier alpha value is -1.06. The van der Waals surface area contributed by atoms with Crippen molar-refractivity contribution in [1.82, 2.24) is 10.6 Å². The van der Waals surface area contributed by atoms with Gasteiger partial charge in [0.2, 0.25) is 11.8 Å². The van der Waals surface area contributed by atoms with E-state index in [1.165, 1.54) is 0 Å². The summed E-state index contributed by atoms with van der Waals surface area (Å²) < 4.78 is 0. The minimum atomic E-state index is -0.181. The maximum absolute atomic E-state index is 12.5. The molecule has 3 saturated carbocycles. The van der Waals surface area contributed by atoms with Crippen LogP contribution in [0.25, 0.3) is 0 Å². The number of rotatable bonds is 8. The van der Waals surface area contributed by atoms with Crippen LogP contribution >= 0.6 is 0 Å². The van der Waals surface area contributed by atoms with E-state index >= 15 is 0 Å². The third-order valence-corrected chi connectivity index (χ3v) is 5.84. The lowest BCUT2D eigenvalue weighted by atomic mass is 9.53. The summed E-state index contributed by atoms with van der Waals surface area (Å²) in [4.78, 5) is 25.0. The smallest absolute Gasteiger partial charge is 0.226 e. The van der Waals surface area contributed by atoms with E-state index in [2.05, 4.69) is 24.5 Å². The van der Waals surface area contributed by atoms with Crippen LogP contribution in [0.3, 0.4) is 0 Å². The van der Waals surface area contributed by atoms with Crippen LogP contribution < -0.4 is 10.6 Å². The largest absolute Gasteiger partial charge is 0.356 e. The Morgan fingerprint density at radius 1 is 0.727 bits per heavy atom. The predicted molar refractivity (Wildman–Crippen MR) is 88.4 cm³/mol. The molecule has 4 nitrogen and oxygen atoms in total. The van der Waals surface area contributed by atoms with E-state index in [9.17, 15) is 9.59 Å². The van der Waals surface area contributed by atoms with Crippen LogP contribution in [0.15, 0.2) is 0 Å². The fourth-order valence-corrected chi connectivity index (χ4v) is 4.00. The molecule has 0 unspecified atom stereocenters. The summed E-state index contributed by atoms with van der Waals surface area (Å²) in [6, 6.07) is 0. The first-order chi connectivity index (χ1) is 10.6. The number of hydrogen-bond acceptors (Lipinski definition) is 2. The van der Waals surface area contributed by atoms with Crippen LogP contribution in [-0.4, -0.2) is 24.9 Å². The molecule has 0 saturated heterocycles. The molecule has 0 heterocycles. The average Bonchev–Trinajstić information content (AvgIpc) is 2.56. The molecule has 2 amide bonds. The number of fused-ring (bicyclic) bond motifs is 3. The van der Waals surface area contributed by atoms with Crippen LogP contribution in [0, 0.1) is 10.8 Å². The number of carbonyl (C=O) groups excluding carboxylic acids is 2. The zero-order chi connectivity index (χ0) is 16.1. The molecule has 0 aliphatic heterocycles. The van der Waals surface area contributed by atoms with Gasteiger partial charge in [-0.1, -0.05) is 26.7 Å². The maximum atomic E-state index is 12.5. The molecule has 2 bridgehead atoms. The highest BCUT2D eigenvalue weighted by Gasteiger charge is 2.55. The van der Waals surface area contributed by atoms with Gasteiger partial charge in [0.1, 0.15) is 0 Å². The lowest BCUT2D eigenvalue weighted by molar-refractivity contribution is -0.150. The minimum absolute atomic E-state index is 0.181. The fraction of sp³-hybridized carbons (Fsp3) is 0.889. The van der Waals surface area contributed by atoms with E-state index in [-0.39, 0.29) is 22.6 Å². The predicted octanol–water partition coefficient (Wildman–Crippen LogP) is 3.16. The Kier molecular flexibility index (Phi) is 5.87. The van der Waals surface area contributed by atoms with E-state index in [4.69, 9.17) is 0 Å². The van der Waals surface area contributed by atoms with Crippen LogP contribution in [0.5, 0.6) is 0 Å². The average molecular weight is 308 g/mol. The van der Waals surface area contributed by atoms with Gasteiger partial charge >= 0.3 is 0 Å². The van der Waals surface area contributed by atoms with E-state index in [0.29, 0.717) is 0 Å². The lowest BCUT2D eigenvalue weighted by Gasteiger charge is -2.51. The van der Waals surface area contributed by atoms with Gasteiger partial charge in [0, 0.05) is 23.9 Å². The van der Waals surface area contributed by atoms with Gasteiger partial charge in [0.25, 0.3) is 0 Å². The molecule has 0 radical (unpaired) electrons. The molecular weight excluding hydrogens is 276 g/mol. The molecule has 3 aliphatic carbocycles. The third-order valence-electron chi connectivity index (χ3n) is 5.84. The van der Waals surface area contributed by atoms with Gasteiger partial charge in [0.15, 0.2) is 0 Å². The monoisotopic (exact) mass is 308 g/mol. The molecule has 0 aromatic heterocycles. The van der Waals surface area contributed by atoms with Crippen LogP contribution in [0.1, 0.15) is 78.1 Å². The molecule has 2 N–H and O–H groups in total. The van der Waals surface area contributed by atoms with Gasteiger partial charge in [-0.15, -0.1) is 0 Å². The highest BCUT2D eigenvalue weighted by atomic mass is 16.2. The second-order valence-corrected chi connectivity index (χ2v) is 7.28. The lowest BCUT2D eigenvalue weighted by Crippen LogP contribution is -2.54. The van der Waals surface area contributed by atoms with Crippen molar-refractivity contribution in [3.05, 3.63) is 0 Å². The highest BCUT2D eigenvalue weighted by Crippen LogP contribution is 2.57. The topological polar surface area (TPSA) is 58.2 Å². The summed E-state index contributed by atoms with van der Waals surface area (Å²) >= 11 is 0. The van der Waals surface area contributed by atoms with E-state index in [1.54, 1.807) is 0 Å². The molecule has 0 spiro atoms. The van der Waals surface area contributed by atoms with Gasteiger partial charge in [-0.2, -0.15) is 0 Å². The van der Waals surface area contributed by atoms with Crippen molar-refractivity contribution < 1.29 is 9.59 Å². The van der Waals surface area contributed by atoms with Gasteiger partial charge < -0.3 is 10.6 Å². The van der Waals surface area contributed by atoms with Gasteiger partial charge in [-0.3, -0.25) is 9.59 Å². The first-order valence-electron chi connectivity index (χ1n) is 9.15. The summed E-state index contributed by atoms with van der Waals surface area (Å²) in [6.45, 7) is 5.85. The Morgan fingerprint density at radius 3 is 1.32 bits per heavy atom. The SMILES string of the molecule is CCCCNC(=O)C12CCC(C(=O)NCCCC)(CC1)CC2. The van der Waals surface area contributed by atoms with E-state index in [0.717, 1.165) is 77.3 Å². The third kappa shape index (κ3) is 3.47. The number of carbonyl (C=O) groups is 2. The zero-order valence-corrected chi connectivity index (χ0v) is 14.3. The van der Waals surface area contributed by atoms with Crippen molar-refractivity contribution in [2.45, 2.75) is 78.1 Å². The van der Waals surface area contributed by atoms with Crippen molar-refractivity contribution in [1.29, 1.82) is 0 Å². The molecule has 126 valence electrons.